The summed E-state index contributed by atoms with van der Waals surface area (Å²) in [6.45, 7) is 0. The monoisotopic (exact) mass is 221 g/mol. The van der Waals surface area contributed by atoms with E-state index in [1.54, 1.807) is 0 Å². The minimum atomic E-state index is -0.199. The van der Waals surface area contributed by atoms with E-state index in [0.717, 1.165) is 35.2 Å². The number of benzene rings is 1. The van der Waals surface area contributed by atoms with Crippen LogP contribution in [0, 0.1) is 0 Å². The fourth-order valence-electron chi connectivity index (χ4n) is 2.37. The van der Waals surface area contributed by atoms with Gasteiger partial charge >= 0.3 is 0 Å². The Hall–Kier alpha value is -0.990. The van der Waals surface area contributed by atoms with Crippen molar-refractivity contribution in [3.8, 4) is 0 Å². The van der Waals surface area contributed by atoms with E-state index in [2.05, 4.69) is 4.98 Å². The molecule has 0 saturated carbocycles. The second kappa shape index (κ2) is 3.26. The summed E-state index contributed by atoms with van der Waals surface area (Å²) in [5.74, 6) is 0. The topological polar surface area (TPSA) is 36.0 Å². The number of aryl methyl sites for hydroxylation is 1. The van der Waals surface area contributed by atoms with Crippen LogP contribution in [-0.2, 0) is 12.8 Å². The molecule has 1 aromatic carbocycles. The molecule has 0 unspecified atom stereocenters. The molecule has 1 aromatic heterocycles. The highest BCUT2D eigenvalue weighted by Crippen LogP contribution is 2.30. The van der Waals surface area contributed by atoms with Gasteiger partial charge in [-0.2, -0.15) is 0 Å². The number of halogens is 1. The number of fused-ring (bicyclic) bond motifs is 3. The van der Waals surface area contributed by atoms with Gasteiger partial charge in [0, 0.05) is 28.0 Å². The summed E-state index contributed by atoms with van der Waals surface area (Å²) in [5, 5.41) is 11.6. The molecule has 0 bridgehead atoms. The molecule has 78 valence electrons. The Morgan fingerprint density at radius 2 is 2.27 bits per heavy atom. The normalized spacial score (nSPS) is 20.5. The van der Waals surface area contributed by atoms with Gasteiger partial charge in [0.1, 0.15) is 0 Å². The quantitative estimate of drug-likeness (QED) is 0.705. The van der Waals surface area contributed by atoms with E-state index in [9.17, 15) is 5.11 Å². The maximum absolute atomic E-state index is 9.66. The Labute approximate surface area is 92.9 Å². The maximum atomic E-state index is 9.66. The van der Waals surface area contributed by atoms with Gasteiger partial charge in [0.2, 0.25) is 0 Å². The predicted octanol–water partition coefficient (Wildman–Crippen LogP) is 2.67. The third-order valence-electron chi connectivity index (χ3n) is 3.12. The number of hydrogen-bond donors (Lipinski definition) is 2. The van der Waals surface area contributed by atoms with Crippen molar-refractivity contribution in [2.75, 3.05) is 0 Å². The fourth-order valence-corrected chi connectivity index (χ4v) is 2.54. The smallest absolute Gasteiger partial charge is 0.0585 e. The molecule has 0 saturated heterocycles. The average Bonchev–Trinajstić information content (AvgIpc) is 2.56. The minimum absolute atomic E-state index is 0.199. The van der Waals surface area contributed by atoms with Crippen LogP contribution in [0.15, 0.2) is 18.2 Å². The van der Waals surface area contributed by atoms with Crippen LogP contribution in [0.5, 0.6) is 0 Å². The maximum Gasteiger partial charge on any atom is 0.0585 e. The van der Waals surface area contributed by atoms with Crippen molar-refractivity contribution in [2.24, 2.45) is 0 Å². The number of hydrogen-bond acceptors (Lipinski definition) is 1. The number of nitrogens with one attached hydrogen (secondary N) is 1. The van der Waals surface area contributed by atoms with Crippen molar-refractivity contribution < 1.29 is 5.11 Å². The Morgan fingerprint density at radius 1 is 1.40 bits per heavy atom. The lowest BCUT2D eigenvalue weighted by Gasteiger charge is -2.17. The van der Waals surface area contributed by atoms with Crippen LogP contribution in [0.1, 0.15) is 17.7 Å². The third-order valence-corrected chi connectivity index (χ3v) is 3.36. The minimum Gasteiger partial charge on any atom is -0.393 e. The Morgan fingerprint density at radius 3 is 3.13 bits per heavy atom. The van der Waals surface area contributed by atoms with E-state index in [1.807, 2.05) is 18.2 Å². The first-order valence-corrected chi connectivity index (χ1v) is 5.59. The lowest BCUT2D eigenvalue weighted by molar-refractivity contribution is 0.158. The Balaban J connectivity index is 2.25. The molecular weight excluding hydrogens is 210 g/mol. The Bertz CT molecular complexity index is 518. The molecule has 0 amide bonds. The highest BCUT2D eigenvalue weighted by molar-refractivity contribution is 6.31. The third kappa shape index (κ3) is 1.45. The first kappa shape index (κ1) is 9.25. The summed E-state index contributed by atoms with van der Waals surface area (Å²) in [5.41, 5.74) is 3.63. The molecule has 0 spiro atoms. The van der Waals surface area contributed by atoms with Gasteiger partial charge in [0.15, 0.2) is 0 Å². The van der Waals surface area contributed by atoms with Gasteiger partial charge in [0.25, 0.3) is 0 Å². The molecule has 0 radical (unpaired) electrons. The van der Waals surface area contributed by atoms with Crippen molar-refractivity contribution in [2.45, 2.75) is 25.4 Å². The number of aliphatic hydroxyl groups is 1. The number of H-pyrrole nitrogens is 1. The Kier molecular flexibility index (Phi) is 2.01. The molecule has 0 fully saturated rings. The van der Waals surface area contributed by atoms with Gasteiger partial charge in [-0.15, -0.1) is 0 Å². The number of aromatic amines is 1. The molecule has 0 aliphatic heterocycles. The molecule has 3 rings (SSSR count). The average molecular weight is 222 g/mol. The van der Waals surface area contributed by atoms with Crippen LogP contribution in [-0.4, -0.2) is 16.2 Å². The van der Waals surface area contributed by atoms with Gasteiger partial charge in [0.05, 0.1) is 6.10 Å². The van der Waals surface area contributed by atoms with Crippen LogP contribution in [0.25, 0.3) is 10.9 Å². The lowest BCUT2D eigenvalue weighted by Crippen LogP contribution is -2.17. The summed E-state index contributed by atoms with van der Waals surface area (Å²) in [7, 11) is 0. The number of rotatable bonds is 0. The molecule has 15 heavy (non-hydrogen) atoms. The molecule has 1 aliphatic carbocycles. The first-order chi connectivity index (χ1) is 7.24. The summed E-state index contributed by atoms with van der Waals surface area (Å²) >= 11 is 5.98. The van der Waals surface area contributed by atoms with Crippen LogP contribution in [0.3, 0.4) is 0 Å². The van der Waals surface area contributed by atoms with Crippen LogP contribution < -0.4 is 0 Å². The van der Waals surface area contributed by atoms with Crippen LogP contribution in [0.2, 0.25) is 5.02 Å². The molecule has 2 nitrogen and oxygen atoms in total. The van der Waals surface area contributed by atoms with Gasteiger partial charge in [-0.05, 0) is 36.6 Å². The van der Waals surface area contributed by atoms with Crippen molar-refractivity contribution in [1.82, 2.24) is 4.98 Å². The van der Waals surface area contributed by atoms with E-state index in [1.165, 1.54) is 11.3 Å². The summed E-state index contributed by atoms with van der Waals surface area (Å²) in [4.78, 5) is 3.39. The van der Waals surface area contributed by atoms with Crippen molar-refractivity contribution >= 4 is 22.5 Å². The van der Waals surface area contributed by atoms with Gasteiger partial charge in [-0.3, -0.25) is 0 Å². The first-order valence-electron chi connectivity index (χ1n) is 5.21. The van der Waals surface area contributed by atoms with Gasteiger partial charge in [-0.1, -0.05) is 11.6 Å². The lowest BCUT2D eigenvalue weighted by atomic mass is 9.93. The largest absolute Gasteiger partial charge is 0.393 e. The van der Waals surface area contributed by atoms with Gasteiger partial charge in [-0.25, -0.2) is 0 Å². The second-order valence-electron chi connectivity index (χ2n) is 4.17. The van der Waals surface area contributed by atoms with E-state index in [-0.39, 0.29) is 6.10 Å². The zero-order valence-electron chi connectivity index (χ0n) is 8.26. The fraction of sp³-hybridized carbons (Fsp3) is 0.333. The SMILES string of the molecule is O[C@H]1CCc2[nH]c3ccc(Cl)cc3c2C1. The highest BCUT2D eigenvalue weighted by atomic mass is 35.5. The van der Waals surface area contributed by atoms with Crippen molar-refractivity contribution in [1.29, 1.82) is 0 Å². The predicted molar refractivity (Wildman–Crippen MR) is 61.3 cm³/mol. The molecule has 1 heterocycles. The molecule has 2 N–H and O–H groups in total. The molecule has 3 heteroatoms. The molecule has 2 aromatic rings. The van der Waals surface area contributed by atoms with Gasteiger partial charge < -0.3 is 10.1 Å². The van der Waals surface area contributed by atoms with E-state index >= 15 is 0 Å². The van der Waals surface area contributed by atoms with Crippen LogP contribution >= 0.6 is 11.6 Å². The van der Waals surface area contributed by atoms with E-state index < -0.39 is 0 Å². The molecule has 1 atom stereocenters. The summed E-state index contributed by atoms with van der Waals surface area (Å²) in [6.07, 6.45) is 2.34. The summed E-state index contributed by atoms with van der Waals surface area (Å²) < 4.78 is 0. The van der Waals surface area contributed by atoms with Crippen molar-refractivity contribution in [3.05, 3.63) is 34.5 Å². The summed E-state index contributed by atoms with van der Waals surface area (Å²) in [6, 6.07) is 5.87. The van der Waals surface area contributed by atoms with Crippen molar-refractivity contribution in [3.63, 3.8) is 0 Å². The van der Waals surface area contributed by atoms with E-state index in [0.29, 0.717) is 0 Å². The number of aliphatic hydroxyl groups excluding tert-OH is 1. The zero-order valence-corrected chi connectivity index (χ0v) is 9.01. The highest BCUT2D eigenvalue weighted by Gasteiger charge is 2.20. The molecule has 1 aliphatic rings. The standard InChI is InChI=1S/C12H12ClNO/c13-7-1-3-11-9(5-7)10-6-8(15)2-4-12(10)14-11/h1,3,5,8,14-15H,2,4,6H2/t8-/m0/s1. The van der Waals surface area contributed by atoms with Crippen LogP contribution in [0.4, 0.5) is 0 Å². The zero-order chi connectivity index (χ0) is 10.4. The second-order valence-corrected chi connectivity index (χ2v) is 4.61. The van der Waals surface area contributed by atoms with E-state index in [4.69, 9.17) is 11.6 Å². The number of aromatic nitrogens is 1. The molecular formula is C12H12ClNO.